The molecular formula is C16H24ClN5O. The maximum absolute atomic E-state index is 12.3. The lowest BCUT2D eigenvalue weighted by Crippen LogP contribution is -2.55. The average molecular weight is 338 g/mol. The summed E-state index contributed by atoms with van der Waals surface area (Å²) in [5.41, 5.74) is 7.63. The third kappa shape index (κ3) is 4.30. The number of carbonyl (C=O) groups excluding carboxylic acids is 1. The van der Waals surface area contributed by atoms with Crippen molar-refractivity contribution in [1.82, 2.24) is 20.3 Å². The highest BCUT2D eigenvalue weighted by Crippen LogP contribution is 2.16. The van der Waals surface area contributed by atoms with Crippen LogP contribution in [-0.4, -0.2) is 33.0 Å². The third-order valence-corrected chi connectivity index (χ3v) is 4.12. The summed E-state index contributed by atoms with van der Waals surface area (Å²) in [4.78, 5) is 12.3. The van der Waals surface area contributed by atoms with Crippen molar-refractivity contribution in [2.75, 3.05) is 6.54 Å². The molecule has 0 saturated carbocycles. The number of carbonyl (C=O) groups is 1. The number of rotatable bonds is 5. The zero-order chi connectivity index (χ0) is 16.3. The van der Waals surface area contributed by atoms with Gasteiger partial charge in [-0.25, -0.2) is 4.68 Å². The molecule has 23 heavy (non-hydrogen) atoms. The van der Waals surface area contributed by atoms with Gasteiger partial charge in [-0.05, 0) is 31.9 Å². The molecule has 1 aromatic carbocycles. The minimum atomic E-state index is -0.468. The van der Waals surface area contributed by atoms with Crippen molar-refractivity contribution in [3.8, 4) is 5.69 Å². The second-order valence-corrected chi connectivity index (χ2v) is 6.11. The molecule has 1 unspecified atom stereocenters. The first kappa shape index (κ1) is 19.1. The Kier molecular flexibility index (Phi) is 6.29. The number of nitrogens with one attached hydrogen (secondary N) is 1. The summed E-state index contributed by atoms with van der Waals surface area (Å²) in [5.74, 6) is -0.0476. The van der Waals surface area contributed by atoms with Gasteiger partial charge in [-0.2, -0.15) is 0 Å². The van der Waals surface area contributed by atoms with Crippen LogP contribution in [0.3, 0.4) is 0 Å². The molecule has 7 heteroatoms. The second-order valence-electron chi connectivity index (χ2n) is 6.11. The first-order valence-electron chi connectivity index (χ1n) is 7.37. The van der Waals surface area contributed by atoms with E-state index in [9.17, 15) is 4.79 Å². The van der Waals surface area contributed by atoms with E-state index in [0.717, 1.165) is 11.3 Å². The molecule has 0 aliphatic heterocycles. The fourth-order valence-electron chi connectivity index (χ4n) is 1.95. The molecule has 0 aliphatic rings. The molecule has 0 fully saturated rings. The van der Waals surface area contributed by atoms with Gasteiger partial charge in [-0.3, -0.25) is 4.79 Å². The third-order valence-electron chi connectivity index (χ3n) is 4.12. The lowest BCUT2D eigenvalue weighted by atomic mass is 9.88. The Morgan fingerprint density at radius 3 is 2.48 bits per heavy atom. The summed E-state index contributed by atoms with van der Waals surface area (Å²) >= 11 is 0. The van der Waals surface area contributed by atoms with Crippen molar-refractivity contribution in [3.05, 3.63) is 41.7 Å². The van der Waals surface area contributed by atoms with Gasteiger partial charge in [0.2, 0.25) is 0 Å². The fraction of sp³-hybridized carbons (Fsp3) is 0.438. The molecule has 3 N–H and O–H groups in total. The van der Waals surface area contributed by atoms with E-state index in [4.69, 9.17) is 5.73 Å². The van der Waals surface area contributed by atoms with Crippen molar-refractivity contribution in [3.63, 3.8) is 0 Å². The van der Waals surface area contributed by atoms with Crippen LogP contribution in [0.5, 0.6) is 0 Å². The second kappa shape index (κ2) is 7.57. The smallest absolute Gasteiger partial charge is 0.273 e. The van der Waals surface area contributed by atoms with Crippen LogP contribution < -0.4 is 11.1 Å². The van der Waals surface area contributed by atoms with Gasteiger partial charge in [0, 0.05) is 6.54 Å². The van der Waals surface area contributed by atoms with Gasteiger partial charge in [0.25, 0.3) is 5.91 Å². The summed E-state index contributed by atoms with van der Waals surface area (Å²) in [6, 6.07) is 7.84. The Bertz CT molecular complexity index is 653. The molecule has 1 amide bonds. The number of benzene rings is 1. The molecule has 6 nitrogen and oxygen atoms in total. The SMILES string of the molecule is Cc1ccc(-n2cc(C(=O)NC(C)(CN)C(C)C)nn2)cc1.Cl. The van der Waals surface area contributed by atoms with E-state index in [2.05, 4.69) is 15.6 Å². The van der Waals surface area contributed by atoms with Crippen molar-refractivity contribution < 1.29 is 4.79 Å². The lowest BCUT2D eigenvalue weighted by molar-refractivity contribution is 0.0878. The van der Waals surface area contributed by atoms with E-state index >= 15 is 0 Å². The quantitative estimate of drug-likeness (QED) is 0.874. The highest BCUT2D eigenvalue weighted by Gasteiger charge is 2.29. The number of amides is 1. The van der Waals surface area contributed by atoms with Crippen LogP contribution in [0.4, 0.5) is 0 Å². The number of aromatic nitrogens is 3. The Balaban J connectivity index is 0.00000264. The van der Waals surface area contributed by atoms with Crippen molar-refractivity contribution in [2.45, 2.75) is 33.2 Å². The molecule has 0 saturated heterocycles. The van der Waals surface area contributed by atoms with Crippen LogP contribution in [-0.2, 0) is 0 Å². The van der Waals surface area contributed by atoms with Crippen molar-refractivity contribution in [1.29, 1.82) is 0 Å². The van der Waals surface area contributed by atoms with Gasteiger partial charge in [-0.15, -0.1) is 17.5 Å². The zero-order valence-corrected chi connectivity index (χ0v) is 14.7. The van der Waals surface area contributed by atoms with Crippen LogP contribution in [0, 0.1) is 12.8 Å². The molecule has 0 aliphatic carbocycles. The van der Waals surface area contributed by atoms with Gasteiger partial charge in [-0.1, -0.05) is 36.8 Å². The lowest BCUT2D eigenvalue weighted by Gasteiger charge is -2.33. The Morgan fingerprint density at radius 2 is 1.96 bits per heavy atom. The van der Waals surface area contributed by atoms with Crippen LogP contribution in [0.15, 0.2) is 30.5 Å². The Labute approximate surface area is 142 Å². The van der Waals surface area contributed by atoms with E-state index in [1.54, 1.807) is 10.9 Å². The summed E-state index contributed by atoms with van der Waals surface area (Å²) in [6.45, 7) is 8.36. The molecule has 0 radical (unpaired) electrons. The Hall–Kier alpha value is -1.92. The topological polar surface area (TPSA) is 85.8 Å². The molecule has 126 valence electrons. The molecular weight excluding hydrogens is 314 g/mol. The zero-order valence-electron chi connectivity index (χ0n) is 13.9. The summed E-state index contributed by atoms with van der Waals surface area (Å²) in [7, 11) is 0. The van der Waals surface area contributed by atoms with Crippen LogP contribution in [0.1, 0.15) is 36.8 Å². The standard InChI is InChI=1S/C16H23N5O.ClH/c1-11(2)16(4,10-17)18-15(22)14-9-21(20-19-14)13-7-5-12(3)6-8-13;/h5-9,11H,10,17H2,1-4H3,(H,18,22);1H. The maximum Gasteiger partial charge on any atom is 0.273 e. The van der Waals surface area contributed by atoms with Gasteiger partial charge >= 0.3 is 0 Å². The fourth-order valence-corrected chi connectivity index (χ4v) is 1.95. The van der Waals surface area contributed by atoms with Crippen molar-refractivity contribution >= 4 is 18.3 Å². The molecule has 2 rings (SSSR count). The van der Waals surface area contributed by atoms with Gasteiger partial charge < -0.3 is 11.1 Å². The predicted octanol–water partition coefficient (Wildman–Crippen LogP) is 2.10. The molecule has 1 aromatic heterocycles. The average Bonchev–Trinajstić information content (AvgIpc) is 2.97. The number of hydrogen-bond acceptors (Lipinski definition) is 4. The van der Waals surface area contributed by atoms with Crippen LogP contribution >= 0.6 is 12.4 Å². The van der Waals surface area contributed by atoms with E-state index in [1.165, 1.54) is 0 Å². The number of nitrogens with two attached hydrogens (primary N) is 1. The highest BCUT2D eigenvalue weighted by molar-refractivity contribution is 5.92. The monoisotopic (exact) mass is 337 g/mol. The minimum absolute atomic E-state index is 0. The predicted molar refractivity (Wildman–Crippen MR) is 93.1 cm³/mol. The molecule has 0 spiro atoms. The maximum atomic E-state index is 12.3. The van der Waals surface area contributed by atoms with Crippen LogP contribution in [0.2, 0.25) is 0 Å². The molecule has 0 bridgehead atoms. The van der Waals surface area contributed by atoms with Gasteiger partial charge in [0.05, 0.1) is 17.4 Å². The van der Waals surface area contributed by atoms with E-state index < -0.39 is 5.54 Å². The van der Waals surface area contributed by atoms with E-state index in [1.807, 2.05) is 52.0 Å². The largest absolute Gasteiger partial charge is 0.344 e. The number of aryl methyl sites for hydroxylation is 1. The normalized spacial score (nSPS) is 13.3. The first-order valence-corrected chi connectivity index (χ1v) is 7.37. The van der Waals surface area contributed by atoms with Crippen molar-refractivity contribution in [2.24, 2.45) is 11.7 Å². The minimum Gasteiger partial charge on any atom is -0.344 e. The van der Waals surface area contributed by atoms with Gasteiger partial charge in [0.15, 0.2) is 5.69 Å². The van der Waals surface area contributed by atoms with Crippen LogP contribution in [0.25, 0.3) is 5.69 Å². The molecule has 1 heterocycles. The number of nitrogens with zero attached hydrogens (tertiary/aromatic N) is 3. The Morgan fingerprint density at radius 1 is 1.35 bits per heavy atom. The number of halogens is 1. The van der Waals surface area contributed by atoms with Gasteiger partial charge in [0.1, 0.15) is 0 Å². The summed E-state index contributed by atoms with van der Waals surface area (Å²) < 4.78 is 1.59. The number of hydrogen-bond donors (Lipinski definition) is 2. The molecule has 2 aromatic rings. The highest BCUT2D eigenvalue weighted by atomic mass is 35.5. The van der Waals surface area contributed by atoms with E-state index in [-0.39, 0.29) is 29.9 Å². The van der Waals surface area contributed by atoms with E-state index in [0.29, 0.717) is 6.54 Å². The summed E-state index contributed by atoms with van der Waals surface area (Å²) in [5, 5.41) is 10.9. The molecule has 1 atom stereocenters. The first-order chi connectivity index (χ1) is 10.4. The summed E-state index contributed by atoms with van der Waals surface area (Å²) in [6.07, 6.45) is 1.62.